The fraction of sp³-hybridized carbons (Fsp3) is 0.364. The van der Waals surface area contributed by atoms with Gasteiger partial charge in [-0.25, -0.2) is 9.97 Å². The number of aromatic nitrogens is 4. The van der Waals surface area contributed by atoms with Crippen LogP contribution in [0.15, 0.2) is 18.7 Å². The molecule has 0 bridgehead atoms. The first-order valence-electron chi connectivity index (χ1n) is 6.00. The third-order valence-electron chi connectivity index (χ3n) is 2.71. The molecule has 0 spiro atoms. The van der Waals surface area contributed by atoms with Crippen molar-refractivity contribution >= 4 is 17.3 Å². The zero-order valence-electron chi connectivity index (χ0n) is 11.2. The van der Waals surface area contributed by atoms with Gasteiger partial charge in [0.15, 0.2) is 0 Å². The third-order valence-corrected chi connectivity index (χ3v) is 2.71. The van der Waals surface area contributed by atoms with Gasteiger partial charge < -0.3 is 10.6 Å². The van der Waals surface area contributed by atoms with Crippen LogP contribution in [0.5, 0.6) is 0 Å². The van der Waals surface area contributed by atoms with E-state index in [1.54, 1.807) is 17.9 Å². The summed E-state index contributed by atoms with van der Waals surface area (Å²) >= 11 is 0. The molecule has 9 heteroatoms. The van der Waals surface area contributed by atoms with E-state index in [1.807, 2.05) is 13.2 Å². The number of nitro groups is 1. The van der Waals surface area contributed by atoms with E-state index in [0.29, 0.717) is 13.0 Å². The summed E-state index contributed by atoms with van der Waals surface area (Å²) in [6, 6.07) is 0. The summed E-state index contributed by atoms with van der Waals surface area (Å²) in [5.74, 6) is 0.395. The molecule has 0 saturated heterocycles. The number of nitrogens with one attached hydrogen (secondary N) is 2. The van der Waals surface area contributed by atoms with E-state index in [4.69, 9.17) is 0 Å². The molecule has 2 heterocycles. The van der Waals surface area contributed by atoms with E-state index in [-0.39, 0.29) is 17.3 Å². The van der Waals surface area contributed by atoms with Crippen LogP contribution in [0.2, 0.25) is 0 Å². The van der Waals surface area contributed by atoms with Crippen molar-refractivity contribution in [1.82, 2.24) is 19.7 Å². The van der Waals surface area contributed by atoms with Crippen molar-refractivity contribution < 1.29 is 4.92 Å². The Morgan fingerprint density at radius 1 is 1.40 bits per heavy atom. The molecule has 2 aromatic heterocycles. The molecule has 9 nitrogen and oxygen atoms in total. The smallest absolute Gasteiger partial charge is 0.353 e. The summed E-state index contributed by atoms with van der Waals surface area (Å²) in [4.78, 5) is 18.3. The van der Waals surface area contributed by atoms with Crippen LogP contribution in [-0.2, 0) is 13.5 Å². The average molecular weight is 277 g/mol. The van der Waals surface area contributed by atoms with Crippen molar-refractivity contribution in [3.05, 3.63) is 34.4 Å². The largest absolute Gasteiger partial charge is 0.367 e. The van der Waals surface area contributed by atoms with Crippen LogP contribution < -0.4 is 10.6 Å². The normalized spacial score (nSPS) is 10.3. The Morgan fingerprint density at radius 2 is 2.15 bits per heavy atom. The van der Waals surface area contributed by atoms with Crippen molar-refractivity contribution in [3.8, 4) is 0 Å². The second-order valence-electron chi connectivity index (χ2n) is 4.13. The highest BCUT2D eigenvalue weighted by atomic mass is 16.6. The van der Waals surface area contributed by atoms with Gasteiger partial charge >= 0.3 is 5.69 Å². The van der Waals surface area contributed by atoms with Gasteiger partial charge in [0.25, 0.3) is 0 Å². The number of hydrogen-bond donors (Lipinski definition) is 2. The number of anilines is 2. The van der Waals surface area contributed by atoms with Gasteiger partial charge in [0.05, 0.1) is 11.1 Å². The first-order chi connectivity index (χ1) is 9.61. The lowest BCUT2D eigenvalue weighted by Gasteiger charge is -2.07. The van der Waals surface area contributed by atoms with Gasteiger partial charge in [0, 0.05) is 26.8 Å². The molecule has 0 atom stereocenters. The molecular weight excluding hydrogens is 262 g/mol. The maximum Gasteiger partial charge on any atom is 0.353 e. The molecule has 106 valence electrons. The van der Waals surface area contributed by atoms with Crippen molar-refractivity contribution in [2.45, 2.75) is 6.42 Å². The zero-order chi connectivity index (χ0) is 14.5. The maximum absolute atomic E-state index is 11.1. The van der Waals surface area contributed by atoms with Crippen molar-refractivity contribution in [3.63, 3.8) is 0 Å². The van der Waals surface area contributed by atoms with E-state index >= 15 is 0 Å². The zero-order valence-corrected chi connectivity index (χ0v) is 11.2. The molecular formula is C11H15N7O2. The lowest BCUT2D eigenvalue weighted by molar-refractivity contribution is -0.383. The minimum absolute atomic E-state index is 0.152. The summed E-state index contributed by atoms with van der Waals surface area (Å²) in [6.07, 6.45) is 5.64. The van der Waals surface area contributed by atoms with E-state index in [0.717, 1.165) is 5.56 Å². The lowest BCUT2D eigenvalue weighted by Crippen LogP contribution is -2.10. The minimum Gasteiger partial charge on any atom is -0.367 e. The molecule has 0 fully saturated rings. The standard InChI is InChI=1S/C11H15N7O2/c1-12-10-9(18(19)20)11(15-7-14-10)13-4-3-8-5-16-17(2)6-8/h5-7H,3-4H2,1-2H3,(H2,12,13,14,15). The molecule has 0 radical (unpaired) electrons. The maximum atomic E-state index is 11.1. The number of aryl methyl sites for hydroxylation is 1. The Hall–Kier alpha value is -2.71. The summed E-state index contributed by atoms with van der Waals surface area (Å²) in [5, 5.41) is 20.8. The summed E-state index contributed by atoms with van der Waals surface area (Å²) in [6.45, 7) is 0.521. The number of nitrogens with zero attached hydrogens (tertiary/aromatic N) is 5. The number of rotatable bonds is 6. The first-order valence-corrected chi connectivity index (χ1v) is 6.00. The monoisotopic (exact) mass is 277 g/mol. The van der Waals surface area contributed by atoms with Gasteiger partial charge in [-0.15, -0.1) is 0 Å². The lowest BCUT2D eigenvalue weighted by atomic mass is 10.2. The predicted octanol–water partition coefficient (Wildman–Crippen LogP) is 0.815. The molecule has 2 rings (SSSR count). The number of hydrogen-bond acceptors (Lipinski definition) is 7. The SMILES string of the molecule is CNc1ncnc(NCCc2cnn(C)c2)c1[N+](=O)[O-]. The first kappa shape index (κ1) is 13.7. The molecule has 0 saturated carbocycles. The fourth-order valence-corrected chi connectivity index (χ4v) is 1.79. The molecule has 0 aliphatic rings. The van der Waals surface area contributed by atoms with Gasteiger partial charge in [-0.05, 0) is 12.0 Å². The second kappa shape index (κ2) is 5.95. The van der Waals surface area contributed by atoms with E-state index in [9.17, 15) is 10.1 Å². The van der Waals surface area contributed by atoms with Gasteiger partial charge in [-0.2, -0.15) is 5.10 Å². The van der Waals surface area contributed by atoms with Gasteiger partial charge in [-0.3, -0.25) is 14.8 Å². The Labute approximate surface area is 115 Å². The summed E-state index contributed by atoms with van der Waals surface area (Å²) in [7, 11) is 3.42. The highest BCUT2D eigenvalue weighted by Gasteiger charge is 2.21. The van der Waals surface area contributed by atoms with Crippen LogP contribution in [0.1, 0.15) is 5.56 Å². The van der Waals surface area contributed by atoms with Gasteiger partial charge in [0.1, 0.15) is 6.33 Å². The van der Waals surface area contributed by atoms with E-state index in [1.165, 1.54) is 6.33 Å². The Kier molecular flexibility index (Phi) is 4.08. The second-order valence-corrected chi connectivity index (χ2v) is 4.13. The Morgan fingerprint density at radius 3 is 2.75 bits per heavy atom. The summed E-state index contributed by atoms with van der Waals surface area (Å²) in [5.41, 5.74) is 0.895. The van der Waals surface area contributed by atoms with Crippen molar-refractivity contribution in [1.29, 1.82) is 0 Å². The van der Waals surface area contributed by atoms with Crippen LogP contribution >= 0.6 is 0 Å². The molecule has 2 aromatic rings. The quantitative estimate of drug-likeness (QED) is 0.593. The van der Waals surface area contributed by atoms with E-state index in [2.05, 4.69) is 25.7 Å². The molecule has 0 aliphatic heterocycles. The molecule has 0 unspecified atom stereocenters. The van der Waals surface area contributed by atoms with Crippen LogP contribution in [0, 0.1) is 10.1 Å². The average Bonchev–Trinajstić information content (AvgIpc) is 2.83. The highest BCUT2D eigenvalue weighted by Crippen LogP contribution is 2.28. The van der Waals surface area contributed by atoms with Crippen LogP contribution in [0.3, 0.4) is 0 Å². The molecule has 0 amide bonds. The highest BCUT2D eigenvalue weighted by molar-refractivity contribution is 5.68. The van der Waals surface area contributed by atoms with Crippen molar-refractivity contribution in [2.24, 2.45) is 7.05 Å². The van der Waals surface area contributed by atoms with E-state index < -0.39 is 4.92 Å². The van der Waals surface area contributed by atoms with Crippen molar-refractivity contribution in [2.75, 3.05) is 24.2 Å². The van der Waals surface area contributed by atoms with Crippen LogP contribution in [0.25, 0.3) is 0 Å². The molecule has 0 aromatic carbocycles. The van der Waals surface area contributed by atoms with Gasteiger partial charge in [-0.1, -0.05) is 0 Å². The summed E-state index contributed by atoms with van der Waals surface area (Å²) < 4.78 is 1.71. The Bertz CT molecular complexity index is 611. The van der Waals surface area contributed by atoms with Crippen LogP contribution in [0.4, 0.5) is 17.3 Å². The topological polar surface area (TPSA) is 111 Å². The van der Waals surface area contributed by atoms with Gasteiger partial charge in [0.2, 0.25) is 11.6 Å². The predicted molar refractivity (Wildman–Crippen MR) is 73.6 cm³/mol. The van der Waals surface area contributed by atoms with Crippen LogP contribution in [-0.4, -0.2) is 38.3 Å². The molecule has 0 aliphatic carbocycles. The fourth-order valence-electron chi connectivity index (χ4n) is 1.79. The third kappa shape index (κ3) is 2.99. The minimum atomic E-state index is -0.502. The Balaban J connectivity index is 2.07. The molecule has 20 heavy (non-hydrogen) atoms. The molecule has 2 N–H and O–H groups in total.